The van der Waals surface area contributed by atoms with Gasteiger partial charge < -0.3 is 10.6 Å². The van der Waals surface area contributed by atoms with E-state index >= 15 is 0 Å². The third-order valence-corrected chi connectivity index (χ3v) is 4.33. The largest absolute Gasteiger partial charge is 0.398 e. The van der Waals surface area contributed by atoms with Crippen molar-refractivity contribution in [1.29, 1.82) is 0 Å². The normalized spacial score (nSPS) is 10.3. The molecule has 3 nitrogen and oxygen atoms in total. The van der Waals surface area contributed by atoms with Crippen LogP contribution in [0.15, 0.2) is 56.7 Å². The second-order valence-electron chi connectivity index (χ2n) is 4.51. The van der Waals surface area contributed by atoms with Crippen molar-refractivity contribution in [3.63, 3.8) is 0 Å². The highest BCUT2D eigenvalue weighted by atomic mass is 79.9. The lowest BCUT2D eigenvalue weighted by atomic mass is 10.2. The van der Waals surface area contributed by atoms with Gasteiger partial charge in [-0.05, 0) is 42.5 Å². The minimum absolute atomic E-state index is 0.0445. The van der Waals surface area contributed by atoms with Crippen LogP contribution in [0.3, 0.4) is 0 Å². The fraction of sp³-hybridized carbons (Fsp3) is 0.133. The molecule has 2 rings (SSSR count). The summed E-state index contributed by atoms with van der Waals surface area (Å²) in [5, 5.41) is 0. The Morgan fingerprint density at radius 2 is 1.80 bits per heavy atom. The molecule has 0 radical (unpaired) electrons. The van der Waals surface area contributed by atoms with Crippen LogP contribution >= 0.6 is 27.7 Å². The molecule has 2 aromatic rings. The zero-order chi connectivity index (χ0) is 14.7. The van der Waals surface area contributed by atoms with E-state index in [4.69, 9.17) is 5.73 Å². The summed E-state index contributed by atoms with van der Waals surface area (Å²) in [5.41, 5.74) is 7.26. The molecule has 2 N–H and O–H groups in total. The summed E-state index contributed by atoms with van der Waals surface area (Å²) in [6, 6.07) is 13.4. The van der Waals surface area contributed by atoms with Crippen LogP contribution in [-0.4, -0.2) is 24.9 Å². The smallest absolute Gasteiger partial charge is 0.253 e. The molecule has 0 atom stereocenters. The Kier molecular flexibility index (Phi) is 4.73. The first-order valence-electron chi connectivity index (χ1n) is 6.02. The van der Waals surface area contributed by atoms with Crippen LogP contribution in [0.2, 0.25) is 0 Å². The number of anilines is 1. The average Bonchev–Trinajstić information content (AvgIpc) is 2.42. The van der Waals surface area contributed by atoms with Gasteiger partial charge in [-0.15, -0.1) is 0 Å². The number of hydrogen-bond acceptors (Lipinski definition) is 3. The number of hydrogen-bond donors (Lipinski definition) is 1. The minimum atomic E-state index is -0.0445. The molecule has 0 saturated carbocycles. The minimum Gasteiger partial charge on any atom is -0.398 e. The quantitative estimate of drug-likeness (QED) is 0.854. The summed E-state index contributed by atoms with van der Waals surface area (Å²) in [5.74, 6) is -0.0445. The van der Waals surface area contributed by atoms with Gasteiger partial charge in [-0.2, -0.15) is 0 Å². The highest BCUT2D eigenvalue weighted by Crippen LogP contribution is 2.33. The summed E-state index contributed by atoms with van der Waals surface area (Å²) in [6.45, 7) is 0. The first kappa shape index (κ1) is 14.9. The lowest BCUT2D eigenvalue weighted by Crippen LogP contribution is -2.21. The van der Waals surface area contributed by atoms with Crippen LogP contribution in [-0.2, 0) is 0 Å². The average molecular weight is 351 g/mol. The molecular formula is C15H15BrN2OS. The van der Waals surface area contributed by atoms with Gasteiger partial charge >= 0.3 is 0 Å². The molecule has 0 aliphatic rings. The molecule has 0 aliphatic heterocycles. The maximum atomic E-state index is 11.9. The maximum absolute atomic E-state index is 11.9. The number of nitrogens with two attached hydrogens (primary N) is 1. The summed E-state index contributed by atoms with van der Waals surface area (Å²) in [6.07, 6.45) is 0. The molecule has 5 heteroatoms. The van der Waals surface area contributed by atoms with Crippen LogP contribution < -0.4 is 5.73 Å². The standard InChI is InChI=1S/C15H15BrN2OS/c1-18(2)15(19)10-3-8-14(13(17)9-10)20-12-6-4-11(16)5-7-12/h3-9H,17H2,1-2H3. The van der Waals surface area contributed by atoms with Crippen molar-refractivity contribution in [3.05, 3.63) is 52.5 Å². The topological polar surface area (TPSA) is 46.3 Å². The number of carbonyl (C=O) groups excluding carboxylic acids is 1. The van der Waals surface area contributed by atoms with Gasteiger partial charge in [0.25, 0.3) is 5.91 Å². The molecular weight excluding hydrogens is 336 g/mol. The molecule has 0 unspecified atom stereocenters. The highest BCUT2D eigenvalue weighted by molar-refractivity contribution is 9.10. The lowest BCUT2D eigenvalue weighted by molar-refractivity contribution is 0.0827. The first-order valence-corrected chi connectivity index (χ1v) is 7.63. The zero-order valence-electron chi connectivity index (χ0n) is 11.3. The second kappa shape index (κ2) is 6.33. The van der Waals surface area contributed by atoms with Crippen molar-refractivity contribution in [2.75, 3.05) is 19.8 Å². The zero-order valence-corrected chi connectivity index (χ0v) is 13.7. The molecule has 0 bridgehead atoms. The Morgan fingerprint density at radius 1 is 1.15 bits per heavy atom. The fourth-order valence-corrected chi connectivity index (χ4v) is 2.77. The van der Waals surface area contributed by atoms with E-state index in [0.717, 1.165) is 14.3 Å². The second-order valence-corrected chi connectivity index (χ2v) is 6.54. The lowest BCUT2D eigenvalue weighted by Gasteiger charge is -2.12. The van der Waals surface area contributed by atoms with Crippen molar-refractivity contribution < 1.29 is 4.79 Å². The van der Waals surface area contributed by atoms with Gasteiger partial charge in [-0.3, -0.25) is 4.79 Å². The summed E-state index contributed by atoms with van der Waals surface area (Å²) in [7, 11) is 3.45. The van der Waals surface area contributed by atoms with E-state index in [1.807, 2.05) is 30.3 Å². The van der Waals surface area contributed by atoms with Gasteiger partial charge in [0, 0.05) is 39.6 Å². The van der Waals surface area contributed by atoms with Crippen LogP contribution in [0.4, 0.5) is 5.69 Å². The van der Waals surface area contributed by atoms with E-state index in [2.05, 4.69) is 15.9 Å². The van der Waals surface area contributed by atoms with Crippen molar-refractivity contribution in [1.82, 2.24) is 4.90 Å². The molecule has 0 aliphatic carbocycles. The molecule has 0 heterocycles. The third-order valence-electron chi connectivity index (χ3n) is 2.70. The summed E-state index contributed by atoms with van der Waals surface area (Å²) in [4.78, 5) is 15.5. The van der Waals surface area contributed by atoms with Crippen LogP contribution in [0, 0.1) is 0 Å². The Hall–Kier alpha value is -1.46. The van der Waals surface area contributed by atoms with Gasteiger partial charge in [0.05, 0.1) is 0 Å². The highest BCUT2D eigenvalue weighted by Gasteiger charge is 2.10. The van der Waals surface area contributed by atoms with Crippen molar-refractivity contribution >= 4 is 39.3 Å². The Bertz CT molecular complexity index is 626. The van der Waals surface area contributed by atoms with Gasteiger partial charge in [-0.25, -0.2) is 0 Å². The maximum Gasteiger partial charge on any atom is 0.253 e. The first-order chi connectivity index (χ1) is 9.47. The molecule has 1 amide bonds. The Balaban J connectivity index is 2.22. The molecule has 0 fully saturated rings. The van der Waals surface area contributed by atoms with Gasteiger partial charge in [-0.1, -0.05) is 27.7 Å². The monoisotopic (exact) mass is 350 g/mol. The van der Waals surface area contributed by atoms with Crippen LogP contribution in [0.1, 0.15) is 10.4 Å². The van der Waals surface area contributed by atoms with E-state index in [9.17, 15) is 4.79 Å². The number of halogens is 1. The molecule has 0 aromatic heterocycles. The van der Waals surface area contributed by atoms with Crippen molar-refractivity contribution in [2.45, 2.75) is 9.79 Å². The van der Waals surface area contributed by atoms with E-state index in [1.54, 1.807) is 38.0 Å². The predicted octanol–water partition coefficient (Wildman–Crippen LogP) is 3.88. The summed E-state index contributed by atoms with van der Waals surface area (Å²) >= 11 is 4.99. The molecule has 0 saturated heterocycles. The molecule has 2 aromatic carbocycles. The van der Waals surface area contributed by atoms with E-state index in [0.29, 0.717) is 11.3 Å². The number of nitrogen functional groups attached to an aromatic ring is 1. The fourth-order valence-electron chi connectivity index (χ4n) is 1.66. The van der Waals surface area contributed by atoms with Gasteiger partial charge in [0.15, 0.2) is 0 Å². The predicted molar refractivity (Wildman–Crippen MR) is 87.1 cm³/mol. The van der Waals surface area contributed by atoms with E-state index < -0.39 is 0 Å². The molecule has 20 heavy (non-hydrogen) atoms. The van der Waals surface area contributed by atoms with E-state index in [-0.39, 0.29) is 5.91 Å². The number of carbonyl (C=O) groups is 1. The number of rotatable bonds is 3. The number of nitrogens with zero attached hydrogens (tertiary/aromatic N) is 1. The SMILES string of the molecule is CN(C)C(=O)c1ccc(Sc2ccc(Br)cc2)c(N)c1. The van der Waals surface area contributed by atoms with Crippen LogP contribution in [0.5, 0.6) is 0 Å². The molecule has 104 valence electrons. The van der Waals surface area contributed by atoms with Crippen molar-refractivity contribution in [3.8, 4) is 0 Å². The molecule has 0 spiro atoms. The van der Waals surface area contributed by atoms with Crippen molar-refractivity contribution in [2.24, 2.45) is 0 Å². The number of benzene rings is 2. The summed E-state index contributed by atoms with van der Waals surface area (Å²) < 4.78 is 1.04. The third kappa shape index (κ3) is 3.55. The van der Waals surface area contributed by atoms with Gasteiger partial charge in [0.1, 0.15) is 0 Å². The van der Waals surface area contributed by atoms with Crippen LogP contribution in [0.25, 0.3) is 0 Å². The van der Waals surface area contributed by atoms with Gasteiger partial charge in [0.2, 0.25) is 0 Å². The Morgan fingerprint density at radius 3 is 2.35 bits per heavy atom. The van der Waals surface area contributed by atoms with E-state index in [1.165, 1.54) is 4.90 Å². The Labute approximate surface area is 131 Å². The number of amides is 1.